The van der Waals surface area contributed by atoms with E-state index in [1.165, 1.54) is 45.4 Å². The van der Waals surface area contributed by atoms with Crippen molar-refractivity contribution in [2.24, 2.45) is 0 Å². The van der Waals surface area contributed by atoms with Gasteiger partial charge in [-0.05, 0) is 49.7 Å². The average molecular weight is 475 g/mol. The predicted octanol–water partition coefficient (Wildman–Crippen LogP) is 3.17. The second kappa shape index (κ2) is 10.5. The van der Waals surface area contributed by atoms with Gasteiger partial charge in [-0.25, -0.2) is 4.79 Å². The number of rotatable bonds is 9. The van der Waals surface area contributed by atoms with Gasteiger partial charge in [-0.1, -0.05) is 11.6 Å². The highest BCUT2D eigenvalue weighted by Gasteiger charge is 2.36. The molecule has 0 saturated heterocycles. The lowest BCUT2D eigenvalue weighted by Gasteiger charge is -2.15. The summed E-state index contributed by atoms with van der Waals surface area (Å²) in [5, 5.41) is 3.00. The number of nitrogens with zero attached hydrogens (tertiary/aromatic N) is 1. The van der Waals surface area contributed by atoms with E-state index in [1.807, 2.05) is 0 Å². The summed E-state index contributed by atoms with van der Waals surface area (Å²) in [5.41, 5.74) is 0.710. The van der Waals surface area contributed by atoms with Crippen LogP contribution in [-0.2, 0) is 14.3 Å². The molecular formula is C23H23ClN2O7. The molecule has 0 saturated carbocycles. The Morgan fingerprint density at radius 2 is 1.79 bits per heavy atom. The first-order chi connectivity index (χ1) is 15.8. The first-order valence-corrected chi connectivity index (χ1v) is 10.5. The molecule has 1 unspecified atom stereocenters. The normalized spacial score (nSPS) is 13.5. The van der Waals surface area contributed by atoms with Gasteiger partial charge in [-0.15, -0.1) is 0 Å². The first kappa shape index (κ1) is 24.2. The van der Waals surface area contributed by atoms with Crippen LogP contribution >= 0.6 is 11.6 Å². The Morgan fingerprint density at radius 3 is 2.48 bits per heavy atom. The quantitative estimate of drug-likeness (QED) is 0.337. The molecule has 2 aromatic rings. The van der Waals surface area contributed by atoms with Crippen LogP contribution in [0.25, 0.3) is 0 Å². The molecule has 174 valence electrons. The Kier molecular flexibility index (Phi) is 7.67. The highest BCUT2D eigenvalue weighted by molar-refractivity contribution is 6.31. The Morgan fingerprint density at radius 1 is 1.06 bits per heavy atom. The van der Waals surface area contributed by atoms with Gasteiger partial charge in [0.25, 0.3) is 17.7 Å². The number of anilines is 1. The fourth-order valence-electron chi connectivity index (χ4n) is 3.28. The number of carbonyl (C=O) groups is 4. The van der Waals surface area contributed by atoms with Crippen LogP contribution in [0.1, 0.15) is 44.4 Å². The van der Waals surface area contributed by atoms with Gasteiger partial charge in [0.2, 0.25) is 0 Å². The Hall–Kier alpha value is -3.43. The number of imide groups is 1. The number of nitrogens with one attached hydrogen (secondary N) is 1. The van der Waals surface area contributed by atoms with Crippen molar-refractivity contribution in [3.8, 4) is 5.75 Å². The zero-order chi connectivity index (χ0) is 24.1. The van der Waals surface area contributed by atoms with Crippen molar-refractivity contribution in [3.05, 3.63) is 58.1 Å². The van der Waals surface area contributed by atoms with E-state index >= 15 is 0 Å². The standard InChI is InChI=1S/C23H23ClN2O7/c1-13(20(27)25-18-12-15(24)6-8-19(18)32-3)33-23(30)14-5-7-16-17(11-14)22(29)26(21(16)28)9-4-10-31-2/h5-8,11-13H,4,9-10H2,1-3H3,(H,25,27). The van der Waals surface area contributed by atoms with Gasteiger partial charge in [0, 0.05) is 25.3 Å². The molecule has 1 aliphatic heterocycles. The van der Waals surface area contributed by atoms with Gasteiger partial charge in [-0.2, -0.15) is 0 Å². The maximum atomic E-state index is 12.6. The average Bonchev–Trinajstić information content (AvgIpc) is 3.03. The summed E-state index contributed by atoms with van der Waals surface area (Å²) in [4.78, 5) is 51.3. The van der Waals surface area contributed by atoms with Crippen LogP contribution in [0.3, 0.4) is 0 Å². The van der Waals surface area contributed by atoms with Crippen LogP contribution in [0.2, 0.25) is 5.02 Å². The van der Waals surface area contributed by atoms with E-state index in [4.69, 9.17) is 25.8 Å². The van der Waals surface area contributed by atoms with Crippen molar-refractivity contribution < 1.29 is 33.4 Å². The number of hydrogen-bond donors (Lipinski definition) is 1. The molecule has 0 bridgehead atoms. The lowest BCUT2D eigenvalue weighted by Crippen LogP contribution is -2.31. The van der Waals surface area contributed by atoms with E-state index in [-0.39, 0.29) is 23.2 Å². The monoisotopic (exact) mass is 474 g/mol. The largest absolute Gasteiger partial charge is 0.495 e. The van der Waals surface area contributed by atoms with Crippen LogP contribution in [0.5, 0.6) is 5.75 Å². The second-order valence-corrected chi connectivity index (χ2v) is 7.69. The van der Waals surface area contributed by atoms with E-state index in [0.717, 1.165) is 4.90 Å². The van der Waals surface area contributed by atoms with E-state index in [9.17, 15) is 19.2 Å². The molecule has 3 amide bonds. The molecule has 1 atom stereocenters. The summed E-state index contributed by atoms with van der Waals surface area (Å²) in [5.74, 6) is -1.92. The molecule has 1 N–H and O–H groups in total. The zero-order valence-corrected chi connectivity index (χ0v) is 19.1. The maximum absolute atomic E-state index is 12.6. The number of halogens is 1. The Bertz CT molecular complexity index is 1100. The molecule has 10 heteroatoms. The maximum Gasteiger partial charge on any atom is 0.338 e. The zero-order valence-electron chi connectivity index (χ0n) is 18.3. The Labute approximate surface area is 195 Å². The van der Waals surface area contributed by atoms with Crippen LogP contribution in [-0.4, -0.2) is 62.1 Å². The third-order valence-corrected chi connectivity index (χ3v) is 5.24. The molecule has 9 nitrogen and oxygen atoms in total. The molecule has 0 radical (unpaired) electrons. The summed E-state index contributed by atoms with van der Waals surface area (Å²) in [6.07, 6.45) is -0.654. The summed E-state index contributed by atoms with van der Waals surface area (Å²) in [6.45, 7) is 2.03. The minimum atomic E-state index is -1.16. The molecule has 1 heterocycles. The van der Waals surface area contributed by atoms with Gasteiger partial charge in [0.1, 0.15) is 5.75 Å². The van der Waals surface area contributed by atoms with E-state index in [1.54, 1.807) is 12.1 Å². The van der Waals surface area contributed by atoms with Crippen LogP contribution in [0.15, 0.2) is 36.4 Å². The number of carbonyl (C=O) groups excluding carboxylic acids is 4. The number of ether oxygens (including phenoxy) is 3. The summed E-state index contributed by atoms with van der Waals surface area (Å²) in [6, 6.07) is 8.81. The van der Waals surface area contributed by atoms with Gasteiger partial charge >= 0.3 is 5.97 Å². The number of hydrogen-bond acceptors (Lipinski definition) is 7. The third kappa shape index (κ3) is 5.32. The molecular weight excluding hydrogens is 452 g/mol. The molecule has 1 aliphatic rings. The SMILES string of the molecule is COCCCN1C(=O)c2ccc(C(=O)OC(C)C(=O)Nc3cc(Cl)ccc3OC)cc2C1=O. The minimum Gasteiger partial charge on any atom is -0.495 e. The van der Waals surface area contributed by atoms with Crippen LogP contribution in [0.4, 0.5) is 5.69 Å². The molecule has 0 aliphatic carbocycles. The molecule has 33 heavy (non-hydrogen) atoms. The topological polar surface area (TPSA) is 111 Å². The van der Waals surface area contributed by atoms with Gasteiger partial charge < -0.3 is 19.5 Å². The van der Waals surface area contributed by atoms with Crippen molar-refractivity contribution in [1.82, 2.24) is 4.90 Å². The van der Waals surface area contributed by atoms with E-state index in [2.05, 4.69) is 5.32 Å². The molecule has 3 rings (SSSR count). The summed E-state index contributed by atoms with van der Waals surface area (Å²) < 4.78 is 15.4. The first-order valence-electron chi connectivity index (χ1n) is 10.1. The Balaban J connectivity index is 1.68. The second-order valence-electron chi connectivity index (χ2n) is 7.25. The van der Waals surface area contributed by atoms with Crippen molar-refractivity contribution in [2.75, 3.05) is 32.7 Å². The van der Waals surface area contributed by atoms with Crippen molar-refractivity contribution in [2.45, 2.75) is 19.4 Å². The van der Waals surface area contributed by atoms with Crippen LogP contribution in [0, 0.1) is 0 Å². The fourth-order valence-corrected chi connectivity index (χ4v) is 3.45. The number of esters is 1. The van der Waals surface area contributed by atoms with E-state index < -0.39 is 29.8 Å². The van der Waals surface area contributed by atoms with Gasteiger partial charge in [0.05, 0.1) is 29.5 Å². The fraction of sp³-hybridized carbons (Fsp3) is 0.304. The molecule has 0 spiro atoms. The number of benzene rings is 2. The number of methoxy groups -OCH3 is 2. The lowest BCUT2D eigenvalue weighted by atomic mass is 10.1. The molecule has 0 fully saturated rings. The van der Waals surface area contributed by atoms with Crippen molar-refractivity contribution >= 4 is 41.0 Å². The smallest absolute Gasteiger partial charge is 0.338 e. The lowest BCUT2D eigenvalue weighted by molar-refractivity contribution is -0.123. The van der Waals surface area contributed by atoms with Crippen molar-refractivity contribution in [3.63, 3.8) is 0 Å². The summed E-state index contributed by atoms with van der Waals surface area (Å²) >= 11 is 5.96. The number of amides is 3. The van der Waals surface area contributed by atoms with E-state index in [0.29, 0.717) is 29.5 Å². The molecule has 2 aromatic carbocycles. The number of fused-ring (bicyclic) bond motifs is 1. The van der Waals surface area contributed by atoms with Gasteiger partial charge in [-0.3, -0.25) is 19.3 Å². The summed E-state index contributed by atoms with van der Waals surface area (Å²) in [7, 11) is 2.98. The van der Waals surface area contributed by atoms with Gasteiger partial charge in [0.15, 0.2) is 6.10 Å². The highest BCUT2D eigenvalue weighted by atomic mass is 35.5. The highest BCUT2D eigenvalue weighted by Crippen LogP contribution is 2.28. The minimum absolute atomic E-state index is 0.0497. The predicted molar refractivity (Wildman–Crippen MR) is 120 cm³/mol. The third-order valence-electron chi connectivity index (χ3n) is 5.01. The van der Waals surface area contributed by atoms with Crippen molar-refractivity contribution in [1.29, 1.82) is 0 Å². The van der Waals surface area contributed by atoms with Crippen LogP contribution < -0.4 is 10.1 Å². The molecule has 0 aromatic heterocycles.